The lowest BCUT2D eigenvalue weighted by molar-refractivity contribution is 0.432. The molecular weight excluding hydrogens is 425 g/mol. The van der Waals surface area contributed by atoms with Crippen LogP contribution in [0.2, 0.25) is 0 Å². The summed E-state index contributed by atoms with van der Waals surface area (Å²) in [5.74, 6) is 0.189. The summed E-state index contributed by atoms with van der Waals surface area (Å²) in [4.78, 5) is 0. The SMILES string of the molecule is CCS(=O)(=O)CCc1c(C2CCCCC2)n(-c2ccc(F)cc2)c2cc(C=N)c(N)cc12. The van der Waals surface area contributed by atoms with Crippen LogP contribution in [0.25, 0.3) is 16.6 Å². The third kappa shape index (κ3) is 4.31. The maximum Gasteiger partial charge on any atom is 0.150 e. The second-order valence-electron chi connectivity index (χ2n) is 8.64. The summed E-state index contributed by atoms with van der Waals surface area (Å²) in [6, 6.07) is 10.2. The molecule has 0 radical (unpaired) electrons. The molecule has 1 aromatic heterocycles. The van der Waals surface area contributed by atoms with Crippen molar-refractivity contribution in [1.29, 1.82) is 5.41 Å². The van der Waals surface area contributed by atoms with Gasteiger partial charge in [-0.25, -0.2) is 12.8 Å². The average Bonchev–Trinajstić information content (AvgIpc) is 3.11. The number of nitrogen functional groups attached to an aromatic ring is 1. The monoisotopic (exact) mass is 455 g/mol. The molecule has 5 nitrogen and oxygen atoms in total. The predicted molar refractivity (Wildman–Crippen MR) is 129 cm³/mol. The molecule has 0 atom stereocenters. The fraction of sp³-hybridized carbons (Fsp3) is 0.400. The molecule has 2 aromatic carbocycles. The van der Waals surface area contributed by atoms with Crippen LogP contribution in [-0.2, 0) is 16.3 Å². The first kappa shape index (κ1) is 22.5. The van der Waals surface area contributed by atoms with Gasteiger partial charge in [0, 0.05) is 40.0 Å². The number of aryl methyl sites for hydroxylation is 1. The molecule has 1 saturated carbocycles. The standard InChI is InChI=1S/C25H30FN3O2S/c1-2-32(30,31)13-12-21-22-15-23(28)18(16-27)14-24(22)29(20-10-8-19(26)9-11-20)25(21)17-6-4-3-5-7-17/h8-11,14-17,27H,2-7,12-13,28H2,1H3. The van der Waals surface area contributed by atoms with Gasteiger partial charge in [0.1, 0.15) is 15.7 Å². The van der Waals surface area contributed by atoms with Gasteiger partial charge in [-0.3, -0.25) is 0 Å². The molecule has 1 heterocycles. The Balaban J connectivity index is 2.02. The number of rotatable bonds is 7. The van der Waals surface area contributed by atoms with Crippen molar-refractivity contribution in [2.75, 3.05) is 17.2 Å². The molecule has 4 rings (SSSR count). The van der Waals surface area contributed by atoms with Crippen LogP contribution >= 0.6 is 0 Å². The Bertz CT molecular complexity index is 1240. The van der Waals surface area contributed by atoms with Crippen LogP contribution < -0.4 is 5.73 Å². The van der Waals surface area contributed by atoms with Gasteiger partial charge in [0.25, 0.3) is 0 Å². The van der Waals surface area contributed by atoms with Gasteiger partial charge >= 0.3 is 0 Å². The van der Waals surface area contributed by atoms with Crippen molar-refractivity contribution < 1.29 is 12.8 Å². The highest BCUT2D eigenvalue weighted by Crippen LogP contribution is 2.42. The zero-order valence-electron chi connectivity index (χ0n) is 18.4. The average molecular weight is 456 g/mol. The number of nitrogens with zero attached hydrogens (tertiary/aromatic N) is 1. The Morgan fingerprint density at radius 3 is 2.47 bits per heavy atom. The first-order chi connectivity index (χ1) is 15.3. The van der Waals surface area contributed by atoms with E-state index in [1.807, 2.05) is 12.1 Å². The van der Waals surface area contributed by atoms with Crippen molar-refractivity contribution in [2.24, 2.45) is 0 Å². The van der Waals surface area contributed by atoms with Gasteiger partial charge in [-0.05, 0) is 67.1 Å². The minimum atomic E-state index is -3.14. The summed E-state index contributed by atoms with van der Waals surface area (Å²) >= 11 is 0. The van der Waals surface area contributed by atoms with Gasteiger partial charge in [0.15, 0.2) is 0 Å². The van der Waals surface area contributed by atoms with Crippen molar-refractivity contribution in [2.45, 2.75) is 51.4 Å². The first-order valence-electron chi connectivity index (χ1n) is 11.3. The second-order valence-corrected chi connectivity index (χ2v) is 11.1. The van der Waals surface area contributed by atoms with Crippen molar-refractivity contribution in [3.63, 3.8) is 0 Å². The Morgan fingerprint density at radius 1 is 1.16 bits per heavy atom. The van der Waals surface area contributed by atoms with Gasteiger partial charge in [0.05, 0.1) is 11.3 Å². The predicted octanol–water partition coefficient (Wildman–Crippen LogP) is 5.37. The highest BCUT2D eigenvalue weighted by molar-refractivity contribution is 7.91. The molecule has 170 valence electrons. The lowest BCUT2D eigenvalue weighted by atomic mass is 9.84. The van der Waals surface area contributed by atoms with Gasteiger partial charge in [-0.2, -0.15) is 0 Å². The molecule has 1 fully saturated rings. The second kappa shape index (κ2) is 9.06. The summed E-state index contributed by atoms with van der Waals surface area (Å²) in [5, 5.41) is 8.68. The summed E-state index contributed by atoms with van der Waals surface area (Å²) in [6.07, 6.45) is 7.20. The Hall–Kier alpha value is -2.67. The maximum atomic E-state index is 13.7. The van der Waals surface area contributed by atoms with Crippen LogP contribution in [0.3, 0.4) is 0 Å². The van der Waals surface area contributed by atoms with Crippen LogP contribution in [-0.4, -0.2) is 30.7 Å². The fourth-order valence-electron chi connectivity index (χ4n) is 4.91. The molecule has 0 saturated heterocycles. The quantitative estimate of drug-likeness (QED) is 0.370. The van der Waals surface area contributed by atoms with E-state index in [-0.39, 0.29) is 17.3 Å². The Labute approximate surface area is 188 Å². The normalized spacial score (nSPS) is 15.3. The van der Waals surface area contributed by atoms with Gasteiger partial charge in [-0.15, -0.1) is 0 Å². The lowest BCUT2D eigenvalue weighted by Gasteiger charge is -2.25. The molecule has 3 N–H and O–H groups in total. The number of hydrogen-bond donors (Lipinski definition) is 2. The number of anilines is 1. The Kier molecular flexibility index (Phi) is 6.38. The summed E-state index contributed by atoms with van der Waals surface area (Å²) in [7, 11) is -3.14. The molecule has 32 heavy (non-hydrogen) atoms. The van der Waals surface area contributed by atoms with Gasteiger partial charge < -0.3 is 15.7 Å². The number of aromatic nitrogens is 1. The highest BCUT2D eigenvalue weighted by atomic mass is 32.2. The number of nitrogens with one attached hydrogen (secondary N) is 1. The molecule has 0 unspecified atom stereocenters. The zero-order chi connectivity index (χ0) is 22.9. The molecule has 0 bridgehead atoms. The van der Waals surface area contributed by atoms with Gasteiger partial charge in [-0.1, -0.05) is 26.2 Å². The van der Waals surface area contributed by atoms with Crippen LogP contribution in [0.15, 0.2) is 36.4 Å². The van der Waals surface area contributed by atoms with Crippen LogP contribution in [0.1, 0.15) is 61.8 Å². The van der Waals surface area contributed by atoms with E-state index in [2.05, 4.69) is 4.57 Å². The van der Waals surface area contributed by atoms with Crippen molar-refractivity contribution in [3.8, 4) is 5.69 Å². The van der Waals surface area contributed by atoms with E-state index in [0.29, 0.717) is 23.6 Å². The molecule has 0 spiro atoms. The first-order valence-corrected chi connectivity index (χ1v) is 13.1. The zero-order valence-corrected chi connectivity index (χ0v) is 19.2. The summed E-state index contributed by atoms with van der Waals surface area (Å²) in [6.45, 7) is 1.67. The Morgan fingerprint density at radius 2 is 1.84 bits per heavy atom. The molecule has 0 aliphatic heterocycles. The number of nitrogens with two attached hydrogens (primary N) is 1. The van der Waals surface area contributed by atoms with Gasteiger partial charge in [0.2, 0.25) is 0 Å². The smallest absolute Gasteiger partial charge is 0.150 e. The van der Waals surface area contributed by atoms with Crippen molar-refractivity contribution in [1.82, 2.24) is 4.57 Å². The fourth-order valence-corrected chi connectivity index (χ4v) is 5.72. The maximum absolute atomic E-state index is 13.7. The van der Waals surface area contributed by atoms with Crippen molar-refractivity contribution in [3.05, 3.63) is 59.0 Å². The third-order valence-electron chi connectivity index (χ3n) is 6.65. The van der Waals surface area contributed by atoms with E-state index < -0.39 is 9.84 Å². The van der Waals surface area contributed by atoms with Crippen LogP contribution in [0, 0.1) is 11.2 Å². The van der Waals surface area contributed by atoms with E-state index in [0.717, 1.165) is 53.5 Å². The number of sulfone groups is 1. The number of benzene rings is 2. The number of halogens is 1. The topological polar surface area (TPSA) is 88.9 Å². The molecule has 1 aliphatic carbocycles. The minimum Gasteiger partial charge on any atom is -0.398 e. The molecule has 0 amide bonds. The van der Waals surface area contributed by atoms with Crippen LogP contribution in [0.4, 0.5) is 10.1 Å². The number of fused-ring (bicyclic) bond motifs is 1. The van der Waals surface area contributed by atoms with E-state index in [4.69, 9.17) is 11.1 Å². The van der Waals surface area contributed by atoms with E-state index in [9.17, 15) is 12.8 Å². The molecular formula is C25H30FN3O2S. The lowest BCUT2D eigenvalue weighted by Crippen LogP contribution is -2.15. The highest BCUT2D eigenvalue weighted by Gasteiger charge is 2.27. The third-order valence-corrected chi connectivity index (χ3v) is 8.36. The van der Waals surface area contributed by atoms with E-state index in [1.165, 1.54) is 24.8 Å². The molecule has 7 heteroatoms. The minimum absolute atomic E-state index is 0.0813. The van der Waals surface area contributed by atoms with Crippen molar-refractivity contribution >= 4 is 32.6 Å². The van der Waals surface area contributed by atoms with E-state index in [1.54, 1.807) is 19.1 Å². The molecule has 1 aliphatic rings. The van der Waals surface area contributed by atoms with Crippen LogP contribution in [0.5, 0.6) is 0 Å². The summed E-state index contributed by atoms with van der Waals surface area (Å²) < 4.78 is 40.6. The largest absolute Gasteiger partial charge is 0.398 e. The summed E-state index contributed by atoms with van der Waals surface area (Å²) in [5.41, 5.74) is 11.2. The van der Waals surface area contributed by atoms with E-state index >= 15 is 0 Å². The number of hydrogen-bond acceptors (Lipinski definition) is 4. The molecule has 3 aromatic rings.